The fourth-order valence-electron chi connectivity index (χ4n) is 2.75. The third-order valence-electron chi connectivity index (χ3n) is 4.24. The maximum Gasteiger partial charge on any atom is 0.418 e. The van der Waals surface area contributed by atoms with Crippen molar-refractivity contribution in [2.75, 3.05) is 18.4 Å². The van der Waals surface area contributed by atoms with Crippen LogP contribution >= 0.6 is 0 Å². The van der Waals surface area contributed by atoms with Crippen LogP contribution in [-0.4, -0.2) is 50.0 Å². The topological polar surface area (TPSA) is 93.0 Å². The van der Waals surface area contributed by atoms with Gasteiger partial charge in [0.25, 0.3) is 5.91 Å². The first-order valence-corrected chi connectivity index (χ1v) is 8.88. The van der Waals surface area contributed by atoms with E-state index in [2.05, 4.69) is 20.8 Å². The minimum atomic E-state index is -4.61. The number of anilines is 1. The summed E-state index contributed by atoms with van der Waals surface area (Å²) in [5, 5.41) is 13.0. The van der Waals surface area contributed by atoms with Crippen LogP contribution in [0.1, 0.15) is 22.8 Å². The Labute approximate surface area is 169 Å². The lowest BCUT2D eigenvalue weighted by molar-refractivity contribution is -0.137. The highest BCUT2D eigenvalue weighted by Gasteiger charge is 2.33. The summed E-state index contributed by atoms with van der Waals surface area (Å²) in [4.78, 5) is 26.2. The molecular formula is C19H17F3N6O2. The molecular weight excluding hydrogens is 401 g/mol. The number of hydrogen-bond donors (Lipinski definition) is 1. The van der Waals surface area contributed by atoms with Gasteiger partial charge in [0.15, 0.2) is 0 Å². The number of halogens is 3. The molecule has 0 aliphatic carbocycles. The zero-order chi connectivity index (χ0) is 21.7. The second-order valence-corrected chi connectivity index (χ2v) is 6.21. The molecule has 3 aromatic rings. The molecule has 30 heavy (non-hydrogen) atoms. The van der Waals surface area contributed by atoms with Gasteiger partial charge < -0.3 is 10.2 Å². The molecule has 3 rings (SSSR count). The third kappa shape index (κ3) is 4.80. The van der Waals surface area contributed by atoms with Gasteiger partial charge in [-0.25, -0.2) is 4.68 Å². The fourth-order valence-corrected chi connectivity index (χ4v) is 2.75. The fraction of sp³-hybridized carbons (Fsp3) is 0.211. The number of hydrogen-bond acceptors (Lipinski definition) is 5. The Morgan fingerprint density at radius 2 is 1.80 bits per heavy atom. The Bertz CT molecular complexity index is 1020. The van der Waals surface area contributed by atoms with Crippen molar-refractivity contribution in [3.63, 3.8) is 0 Å². The molecule has 0 unspecified atom stereocenters. The van der Waals surface area contributed by atoms with Gasteiger partial charge in [-0.3, -0.25) is 9.59 Å². The van der Waals surface area contributed by atoms with Crippen molar-refractivity contribution in [1.82, 2.24) is 25.1 Å². The van der Waals surface area contributed by atoms with Crippen LogP contribution in [0.15, 0.2) is 54.9 Å². The highest BCUT2D eigenvalue weighted by Crippen LogP contribution is 2.34. The molecule has 0 atom stereocenters. The van der Waals surface area contributed by atoms with Gasteiger partial charge in [0.1, 0.15) is 12.9 Å². The number of nitrogens with zero attached hydrogens (tertiary/aromatic N) is 5. The Morgan fingerprint density at radius 1 is 1.10 bits per heavy atom. The van der Waals surface area contributed by atoms with Crippen molar-refractivity contribution in [3.8, 4) is 5.69 Å². The van der Waals surface area contributed by atoms with Gasteiger partial charge in [-0.2, -0.15) is 13.2 Å². The molecule has 0 fully saturated rings. The van der Waals surface area contributed by atoms with E-state index in [-0.39, 0.29) is 12.2 Å². The SMILES string of the molecule is CCN(CC(=O)Nc1ccccc1C(F)(F)F)C(=O)c1ccc(-n2cnnn2)cc1. The first kappa shape index (κ1) is 21.0. The molecule has 0 saturated carbocycles. The van der Waals surface area contributed by atoms with E-state index in [1.54, 1.807) is 31.2 Å². The van der Waals surface area contributed by atoms with E-state index in [4.69, 9.17) is 0 Å². The Kier molecular flexibility index (Phi) is 6.09. The number of carbonyl (C=O) groups is 2. The summed E-state index contributed by atoms with van der Waals surface area (Å²) in [5.74, 6) is -1.16. The van der Waals surface area contributed by atoms with Crippen molar-refractivity contribution >= 4 is 17.5 Å². The molecule has 1 N–H and O–H groups in total. The number of rotatable bonds is 6. The number of aromatic nitrogens is 4. The highest BCUT2D eigenvalue weighted by atomic mass is 19.4. The molecule has 0 radical (unpaired) electrons. The predicted octanol–water partition coefficient (Wildman–Crippen LogP) is 2.78. The molecule has 2 aromatic carbocycles. The molecule has 11 heteroatoms. The van der Waals surface area contributed by atoms with Crippen LogP contribution in [0.3, 0.4) is 0 Å². The van der Waals surface area contributed by atoms with E-state index in [1.165, 1.54) is 28.0 Å². The second-order valence-electron chi connectivity index (χ2n) is 6.21. The first-order chi connectivity index (χ1) is 14.3. The van der Waals surface area contributed by atoms with E-state index in [1.807, 2.05) is 0 Å². The van der Waals surface area contributed by atoms with Gasteiger partial charge in [0, 0.05) is 12.1 Å². The zero-order valence-corrected chi connectivity index (χ0v) is 15.8. The lowest BCUT2D eigenvalue weighted by atomic mass is 10.1. The number of amides is 2. The van der Waals surface area contributed by atoms with Crippen molar-refractivity contribution in [2.45, 2.75) is 13.1 Å². The van der Waals surface area contributed by atoms with Crippen LogP contribution in [0.2, 0.25) is 0 Å². The summed E-state index contributed by atoms with van der Waals surface area (Å²) in [5.41, 5.74) is -0.353. The Hall–Kier alpha value is -3.76. The molecule has 0 saturated heterocycles. The largest absolute Gasteiger partial charge is 0.418 e. The normalized spacial score (nSPS) is 11.2. The third-order valence-corrected chi connectivity index (χ3v) is 4.24. The maximum atomic E-state index is 13.1. The summed E-state index contributed by atoms with van der Waals surface area (Å²) < 4.78 is 40.7. The number of nitrogens with one attached hydrogen (secondary N) is 1. The summed E-state index contributed by atoms with van der Waals surface area (Å²) in [6.45, 7) is 1.47. The van der Waals surface area contributed by atoms with E-state index >= 15 is 0 Å². The van der Waals surface area contributed by atoms with Crippen molar-refractivity contribution < 1.29 is 22.8 Å². The van der Waals surface area contributed by atoms with Crippen LogP contribution < -0.4 is 5.32 Å². The van der Waals surface area contributed by atoms with Gasteiger partial charge in [-0.15, -0.1) is 5.10 Å². The lowest BCUT2D eigenvalue weighted by Gasteiger charge is -2.21. The van der Waals surface area contributed by atoms with E-state index in [0.717, 1.165) is 12.1 Å². The minimum Gasteiger partial charge on any atom is -0.330 e. The number of alkyl halides is 3. The molecule has 0 aliphatic heterocycles. The number of tetrazole rings is 1. The maximum absolute atomic E-state index is 13.1. The Balaban J connectivity index is 1.69. The molecule has 0 aliphatic rings. The van der Waals surface area contributed by atoms with E-state index < -0.39 is 30.1 Å². The first-order valence-electron chi connectivity index (χ1n) is 8.88. The summed E-state index contributed by atoms with van der Waals surface area (Å²) in [7, 11) is 0. The summed E-state index contributed by atoms with van der Waals surface area (Å²) in [6, 6.07) is 11.0. The van der Waals surface area contributed by atoms with Crippen molar-refractivity contribution in [1.29, 1.82) is 0 Å². The highest BCUT2D eigenvalue weighted by molar-refractivity contribution is 5.99. The number of likely N-dealkylation sites (N-methyl/N-ethyl adjacent to an activating group) is 1. The molecule has 2 amide bonds. The monoisotopic (exact) mass is 418 g/mol. The molecule has 0 spiro atoms. The van der Waals surface area contributed by atoms with Gasteiger partial charge >= 0.3 is 6.18 Å². The van der Waals surface area contributed by atoms with Gasteiger partial charge in [-0.1, -0.05) is 12.1 Å². The van der Waals surface area contributed by atoms with Gasteiger partial charge in [-0.05, 0) is 53.7 Å². The minimum absolute atomic E-state index is 0.196. The lowest BCUT2D eigenvalue weighted by Crippen LogP contribution is -2.38. The van der Waals surface area contributed by atoms with Crippen LogP contribution in [0.5, 0.6) is 0 Å². The van der Waals surface area contributed by atoms with Crippen LogP contribution in [-0.2, 0) is 11.0 Å². The second kappa shape index (κ2) is 8.72. The average Bonchev–Trinajstić information content (AvgIpc) is 3.26. The van der Waals surface area contributed by atoms with Gasteiger partial charge in [0.2, 0.25) is 5.91 Å². The standard InChI is InChI=1S/C19H17F3N6O2/c1-2-27(11-17(29)24-16-6-4-3-5-15(16)19(20,21)22)18(30)13-7-9-14(10-8-13)28-12-23-25-26-28/h3-10,12H,2,11H2,1H3,(H,24,29). The predicted molar refractivity (Wildman–Crippen MR) is 101 cm³/mol. The van der Waals surface area contributed by atoms with E-state index in [0.29, 0.717) is 11.3 Å². The smallest absolute Gasteiger partial charge is 0.330 e. The molecule has 1 heterocycles. The molecule has 1 aromatic heterocycles. The number of carbonyl (C=O) groups excluding carboxylic acids is 2. The molecule has 0 bridgehead atoms. The Morgan fingerprint density at radius 3 is 2.40 bits per heavy atom. The summed E-state index contributed by atoms with van der Waals surface area (Å²) in [6.07, 6.45) is -3.20. The van der Waals surface area contributed by atoms with Gasteiger partial charge in [0.05, 0.1) is 16.9 Å². The van der Waals surface area contributed by atoms with Crippen molar-refractivity contribution in [3.05, 3.63) is 66.0 Å². The average molecular weight is 418 g/mol. The van der Waals surface area contributed by atoms with Crippen LogP contribution in [0.25, 0.3) is 5.69 Å². The van der Waals surface area contributed by atoms with Crippen molar-refractivity contribution in [2.24, 2.45) is 0 Å². The van der Waals surface area contributed by atoms with E-state index in [9.17, 15) is 22.8 Å². The van der Waals surface area contributed by atoms with Crippen LogP contribution in [0, 0.1) is 0 Å². The quantitative estimate of drug-likeness (QED) is 0.665. The number of benzene rings is 2. The summed E-state index contributed by atoms with van der Waals surface area (Å²) >= 11 is 0. The molecule has 156 valence electrons. The van der Waals surface area contributed by atoms with Crippen LogP contribution in [0.4, 0.5) is 18.9 Å². The molecule has 8 nitrogen and oxygen atoms in total. The zero-order valence-electron chi connectivity index (χ0n) is 15.8. The number of para-hydroxylation sites is 1.